The zero-order valence-corrected chi connectivity index (χ0v) is 12.1. The lowest BCUT2D eigenvalue weighted by atomic mass is 10.2. The minimum atomic E-state index is 0.0294. The van der Waals surface area contributed by atoms with Gasteiger partial charge in [-0.25, -0.2) is 0 Å². The van der Waals surface area contributed by atoms with Gasteiger partial charge in [0.1, 0.15) is 0 Å². The molecule has 2 aromatic heterocycles. The molecule has 0 atom stereocenters. The molecule has 0 fully saturated rings. The van der Waals surface area contributed by atoms with Crippen molar-refractivity contribution < 1.29 is 4.79 Å². The number of rotatable bonds is 4. The van der Waals surface area contributed by atoms with Gasteiger partial charge in [-0.3, -0.25) is 4.79 Å². The predicted octanol–water partition coefficient (Wildman–Crippen LogP) is 3.90. The van der Waals surface area contributed by atoms with Gasteiger partial charge in [-0.1, -0.05) is 6.07 Å². The second kappa shape index (κ2) is 5.51. The van der Waals surface area contributed by atoms with E-state index in [9.17, 15) is 4.79 Å². The summed E-state index contributed by atoms with van der Waals surface area (Å²) in [4.78, 5) is 13.1. The van der Waals surface area contributed by atoms with E-state index in [1.54, 1.807) is 11.3 Å². The van der Waals surface area contributed by atoms with E-state index in [0.29, 0.717) is 6.42 Å². The van der Waals surface area contributed by atoms with E-state index >= 15 is 0 Å². The van der Waals surface area contributed by atoms with Crippen LogP contribution in [0.15, 0.2) is 48.0 Å². The quantitative estimate of drug-likeness (QED) is 0.774. The zero-order valence-electron chi connectivity index (χ0n) is 11.3. The number of hydrogen-bond acceptors (Lipinski definition) is 2. The normalized spacial score (nSPS) is 10.8. The number of carbonyl (C=O) groups is 1. The predicted molar refractivity (Wildman–Crippen MR) is 84.3 cm³/mol. The molecular weight excluding hydrogens is 268 g/mol. The number of amides is 1. The SMILES string of the molecule is CCn1ccc2cc(NC(=O)Cc3cccs3)ccc21. The van der Waals surface area contributed by atoms with Crippen molar-refractivity contribution in [1.82, 2.24) is 4.57 Å². The Bertz CT molecular complexity index is 728. The number of nitrogens with one attached hydrogen (secondary N) is 1. The summed E-state index contributed by atoms with van der Waals surface area (Å²) in [5.41, 5.74) is 2.05. The third-order valence-electron chi connectivity index (χ3n) is 3.31. The highest BCUT2D eigenvalue weighted by atomic mass is 32.1. The maximum absolute atomic E-state index is 12.0. The van der Waals surface area contributed by atoms with Gasteiger partial charge in [-0.05, 0) is 42.6 Å². The monoisotopic (exact) mass is 284 g/mol. The number of aromatic nitrogens is 1. The van der Waals surface area contributed by atoms with Crippen molar-refractivity contribution in [3.63, 3.8) is 0 Å². The number of aryl methyl sites for hydroxylation is 1. The zero-order chi connectivity index (χ0) is 13.9. The summed E-state index contributed by atoms with van der Waals surface area (Å²) in [6.45, 7) is 3.07. The molecule has 0 unspecified atom stereocenters. The highest BCUT2D eigenvalue weighted by Gasteiger charge is 2.06. The van der Waals surface area contributed by atoms with Crippen molar-refractivity contribution in [2.75, 3.05) is 5.32 Å². The summed E-state index contributed by atoms with van der Waals surface area (Å²) in [5.74, 6) is 0.0294. The van der Waals surface area contributed by atoms with Crippen LogP contribution in [0.1, 0.15) is 11.8 Å². The van der Waals surface area contributed by atoms with Crippen molar-refractivity contribution in [3.05, 3.63) is 52.9 Å². The van der Waals surface area contributed by atoms with E-state index in [1.165, 1.54) is 5.52 Å². The summed E-state index contributed by atoms with van der Waals surface area (Å²) in [7, 11) is 0. The van der Waals surface area contributed by atoms with Gasteiger partial charge in [-0.2, -0.15) is 0 Å². The second-order valence-corrected chi connectivity index (χ2v) is 5.71. The number of benzene rings is 1. The van der Waals surface area contributed by atoms with Gasteiger partial charge in [0.2, 0.25) is 5.91 Å². The largest absolute Gasteiger partial charge is 0.348 e. The van der Waals surface area contributed by atoms with Crippen LogP contribution in [-0.4, -0.2) is 10.5 Å². The number of carbonyl (C=O) groups excluding carboxylic acids is 1. The first kappa shape index (κ1) is 12.9. The molecule has 0 bridgehead atoms. The second-order valence-electron chi connectivity index (χ2n) is 4.68. The first-order valence-electron chi connectivity index (χ1n) is 6.67. The molecule has 0 radical (unpaired) electrons. The molecule has 4 heteroatoms. The van der Waals surface area contributed by atoms with Crippen LogP contribution in [0, 0.1) is 0 Å². The number of fused-ring (bicyclic) bond motifs is 1. The van der Waals surface area contributed by atoms with Crippen LogP contribution in [0.25, 0.3) is 10.9 Å². The Labute approximate surface area is 121 Å². The molecule has 102 valence electrons. The maximum Gasteiger partial charge on any atom is 0.229 e. The highest BCUT2D eigenvalue weighted by molar-refractivity contribution is 7.10. The van der Waals surface area contributed by atoms with Crippen molar-refractivity contribution in [3.8, 4) is 0 Å². The Balaban J connectivity index is 1.75. The minimum Gasteiger partial charge on any atom is -0.348 e. The van der Waals surface area contributed by atoms with Gasteiger partial charge in [0, 0.05) is 34.2 Å². The molecule has 3 nitrogen and oxygen atoms in total. The fourth-order valence-electron chi connectivity index (χ4n) is 2.33. The van der Waals surface area contributed by atoms with Gasteiger partial charge in [0.25, 0.3) is 0 Å². The number of nitrogens with zero attached hydrogens (tertiary/aromatic N) is 1. The van der Waals surface area contributed by atoms with Crippen LogP contribution < -0.4 is 5.32 Å². The third kappa shape index (κ3) is 2.60. The Morgan fingerprint density at radius 3 is 2.95 bits per heavy atom. The molecule has 1 amide bonds. The summed E-state index contributed by atoms with van der Waals surface area (Å²) < 4.78 is 2.19. The molecule has 0 aliphatic carbocycles. The summed E-state index contributed by atoms with van der Waals surface area (Å²) in [5, 5.41) is 6.10. The number of anilines is 1. The number of hydrogen-bond donors (Lipinski definition) is 1. The van der Waals surface area contributed by atoms with Gasteiger partial charge in [0.05, 0.1) is 6.42 Å². The summed E-state index contributed by atoms with van der Waals surface area (Å²) in [6.07, 6.45) is 2.51. The molecule has 1 N–H and O–H groups in total. The lowest BCUT2D eigenvalue weighted by Gasteiger charge is -2.06. The number of thiophene rings is 1. The molecule has 2 heterocycles. The van der Waals surface area contributed by atoms with E-state index in [1.807, 2.05) is 29.6 Å². The topological polar surface area (TPSA) is 34.0 Å². The van der Waals surface area contributed by atoms with Crippen LogP contribution in [-0.2, 0) is 17.8 Å². The Morgan fingerprint density at radius 2 is 2.20 bits per heavy atom. The van der Waals surface area contributed by atoms with Crippen molar-refractivity contribution in [2.24, 2.45) is 0 Å². The van der Waals surface area contributed by atoms with Gasteiger partial charge in [-0.15, -0.1) is 11.3 Å². The van der Waals surface area contributed by atoms with E-state index in [4.69, 9.17) is 0 Å². The standard InChI is InChI=1S/C16H16N2OS/c1-2-18-8-7-12-10-13(5-6-15(12)18)17-16(19)11-14-4-3-9-20-14/h3-10H,2,11H2,1H3,(H,17,19). The van der Waals surface area contributed by atoms with Gasteiger partial charge < -0.3 is 9.88 Å². The van der Waals surface area contributed by atoms with Crippen molar-refractivity contribution in [2.45, 2.75) is 19.9 Å². The molecule has 0 saturated heterocycles. The Kier molecular flexibility index (Phi) is 3.56. The van der Waals surface area contributed by atoms with Crippen LogP contribution >= 0.6 is 11.3 Å². The van der Waals surface area contributed by atoms with E-state index < -0.39 is 0 Å². The van der Waals surface area contributed by atoms with E-state index in [2.05, 4.69) is 35.1 Å². The average molecular weight is 284 g/mol. The summed E-state index contributed by atoms with van der Waals surface area (Å²) in [6, 6.07) is 12.1. The fourth-order valence-corrected chi connectivity index (χ4v) is 3.03. The van der Waals surface area contributed by atoms with Crippen LogP contribution in [0.3, 0.4) is 0 Å². The Hall–Kier alpha value is -2.07. The fraction of sp³-hybridized carbons (Fsp3) is 0.188. The molecule has 20 heavy (non-hydrogen) atoms. The highest BCUT2D eigenvalue weighted by Crippen LogP contribution is 2.21. The van der Waals surface area contributed by atoms with Gasteiger partial charge >= 0.3 is 0 Å². The first-order valence-corrected chi connectivity index (χ1v) is 7.55. The molecule has 0 aliphatic rings. The van der Waals surface area contributed by atoms with Crippen molar-refractivity contribution in [1.29, 1.82) is 0 Å². The lowest BCUT2D eigenvalue weighted by Crippen LogP contribution is -2.13. The van der Waals surface area contributed by atoms with Crippen LogP contribution in [0.2, 0.25) is 0 Å². The molecule has 0 spiro atoms. The van der Waals surface area contributed by atoms with Gasteiger partial charge in [0.15, 0.2) is 0 Å². The molecule has 0 aliphatic heterocycles. The van der Waals surface area contributed by atoms with E-state index in [-0.39, 0.29) is 5.91 Å². The lowest BCUT2D eigenvalue weighted by molar-refractivity contribution is -0.115. The third-order valence-corrected chi connectivity index (χ3v) is 4.19. The first-order chi connectivity index (χ1) is 9.76. The minimum absolute atomic E-state index is 0.0294. The Morgan fingerprint density at radius 1 is 1.30 bits per heavy atom. The van der Waals surface area contributed by atoms with E-state index in [0.717, 1.165) is 22.5 Å². The molecule has 3 rings (SSSR count). The molecule has 3 aromatic rings. The van der Waals surface area contributed by atoms with Crippen molar-refractivity contribution >= 4 is 33.8 Å². The average Bonchev–Trinajstić information content (AvgIpc) is 3.07. The van der Waals surface area contributed by atoms with Crippen LogP contribution in [0.4, 0.5) is 5.69 Å². The smallest absolute Gasteiger partial charge is 0.229 e. The maximum atomic E-state index is 12.0. The molecular formula is C16H16N2OS. The summed E-state index contributed by atoms with van der Waals surface area (Å²) >= 11 is 1.61. The molecule has 0 saturated carbocycles. The molecule has 1 aromatic carbocycles. The van der Waals surface area contributed by atoms with Crippen LogP contribution in [0.5, 0.6) is 0 Å².